The van der Waals surface area contributed by atoms with Crippen molar-refractivity contribution in [2.24, 2.45) is 17.8 Å². The van der Waals surface area contributed by atoms with E-state index in [-0.39, 0.29) is 11.8 Å². The zero-order chi connectivity index (χ0) is 12.7. The molecule has 3 rings (SSSR count). The normalized spacial score (nSPS) is 29.6. The first-order valence-electron chi connectivity index (χ1n) is 6.74. The molecule has 2 unspecified atom stereocenters. The second-order valence-electron chi connectivity index (χ2n) is 5.59. The number of fused-ring (bicyclic) bond motifs is 1. The molecule has 1 N–H and O–H groups in total. The van der Waals surface area contributed by atoms with Crippen molar-refractivity contribution in [3.05, 3.63) is 28.2 Å². The van der Waals surface area contributed by atoms with Gasteiger partial charge in [0.25, 0.3) is 0 Å². The highest BCUT2D eigenvalue weighted by Gasteiger charge is 2.54. The molecule has 2 fully saturated rings. The summed E-state index contributed by atoms with van der Waals surface area (Å²) < 4.78 is 1.08. The molecule has 2 saturated carbocycles. The third-order valence-corrected chi connectivity index (χ3v) is 5.27. The number of benzene rings is 1. The molecule has 2 aliphatic carbocycles. The summed E-state index contributed by atoms with van der Waals surface area (Å²) in [5.41, 5.74) is 2.07. The van der Waals surface area contributed by atoms with Crippen molar-refractivity contribution in [2.45, 2.75) is 32.6 Å². The lowest BCUT2D eigenvalue weighted by Crippen LogP contribution is -2.15. The number of rotatable bonds is 2. The van der Waals surface area contributed by atoms with Gasteiger partial charge in [-0.1, -0.05) is 28.8 Å². The topological polar surface area (TPSA) is 29.1 Å². The molecule has 0 radical (unpaired) electrons. The number of amides is 1. The third kappa shape index (κ3) is 2.20. The molecule has 2 atom stereocenters. The number of hydrogen-bond acceptors (Lipinski definition) is 1. The van der Waals surface area contributed by atoms with E-state index in [9.17, 15) is 4.79 Å². The van der Waals surface area contributed by atoms with Crippen molar-refractivity contribution in [3.63, 3.8) is 0 Å². The first-order valence-corrected chi connectivity index (χ1v) is 7.53. The fraction of sp³-hybridized carbons (Fsp3) is 0.533. The minimum absolute atomic E-state index is 0.230. The van der Waals surface area contributed by atoms with Gasteiger partial charge < -0.3 is 5.32 Å². The van der Waals surface area contributed by atoms with Crippen LogP contribution in [0.5, 0.6) is 0 Å². The van der Waals surface area contributed by atoms with Gasteiger partial charge in [-0.3, -0.25) is 4.79 Å². The van der Waals surface area contributed by atoms with Crippen LogP contribution < -0.4 is 5.32 Å². The van der Waals surface area contributed by atoms with Crippen molar-refractivity contribution in [1.29, 1.82) is 0 Å². The van der Waals surface area contributed by atoms with Crippen molar-refractivity contribution >= 4 is 27.5 Å². The Hall–Kier alpha value is -0.830. The first-order chi connectivity index (χ1) is 8.66. The van der Waals surface area contributed by atoms with Gasteiger partial charge in [-0.25, -0.2) is 0 Å². The van der Waals surface area contributed by atoms with E-state index in [4.69, 9.17) is 0 Å². The number of anilines is 1. The number of carbonyl (C=O) groups is 1. The summed E-state index contributed by atoms with van der Waals surface area (Å²) in [6.45, 7) is 2.04. The van der Waals surface area contributed by atoms with Gasteiger partial charge in [0, 0.05) is 16.1 Å². The van der Waals surface area contributed by atoms with Gasteiger partial charge >= 0.3 is 0 Å². The third-order valence-electron chi connectivity index (χ3n) is 4.38. The number of nitrogens with one attached hydrogen (secondary N) is 1. The van der Waals surface area contributed by atoms with Gasteiger partial charge in [0.1, 0.15) is 0 Å². The Labute approximate surface area is 116 Å². The summed E-state index contributed by atoms with van der Waals surface area (Å²) in [6.07, 6.45) is 5.12. The molecular formula is C15H18BrNO. The van der Waals surface area contributed by atoms with Crippen LogP contribution >= 0.6 is 15.9 Å². The van der Waals surface area contributed by atoms with Gasteiger partial charge in [-0.05, 0) is 55.4 Å². The van der Waals surface area contributed by atoms with Crippen LogP contribution in [-0.2, 0) is 4.79 Å². The summed E-state index contributed by atoms with van der Waals surface area (Å²) in [7, 11) is 0. The van der Waals surface area contributed by atoms with Crippen molar-refractivity contribution in [1.82, 2.24) is 0 Å². The van der Waals surface area contributed by atoms with Crippen LogP contribution in [0.3, 0.4) is 0 Å². The molecule has 1 aromatic rings. The fourth-order valence-electron chi connectivity index (χ4n) is 3.33. The highest BCUT2D eigenvalue weighted by molar-refractivity contribution is 9.10. The van der Waals surface area contributed by atoms with E-state index in [0.717, 1.165) is 15.7 Å². The number of halogens is 1. The van der Waals surface area contributed by atoms with Crippen LogP contribution in [0.25, 0.3) is 0 Å². The molecule has 0 aromatic heterocycles. The van der Waals surface area contributed by atoms with Crippen LogP contribution in [0.4, 0.5) is 5.69 Å². The van der Waals surface area contributed by atoms with Crippen LogP contribution in [0.2, 0.25) is 0 Å². The Bertz CT molecular complexity index is 473. The molecule has 0 bridgehead atoms. The lowest BCUT2D eigenvalue weighted by Gasteiger charge is -2.06. The molecule has 1 aromatic carbocycles. The maximum absolute atomic E-state index is 12.2. The zero-order valence-corrected chi connectivity index (χ0v) is 12.2. The molecule has 18 heavy (non-hydrogen) atoms. The molecule has 0 saturated heterocycles. The Kier molecular flexibility index (Phi) is 3.18. The van der Waals surface area contributed by atoms with Gasteiger partial charge in [-0.2, -0.15) is 0 Å². The molecular weight excluding hydrogens is 290 g/mol. The zero-order valence-electron chi connectivity index (χ0n) is 10.6. The maximum Gasteiger partial charge on any atom is 0.228 e. The minimum atomic E-state index is 0.230. The molecule has 0 aliphatic heterocycles. The summed E-state index contributed by atoms with van der Waals surface area (Å²) >= 11 is 3.47. The van der Waals surface area contributed by atoms with Crippen molar-refractivity contribution in [3.8, 4) is 0 Å². The van der Waals surface area contributed by atoms with Crippen molar-refractivity contribution in [2.75, 3.05) is 5.32 Å². The van der Waals surface area contributed by atoms with Gasteiger partial charge in [0.15, 0.2) is 0 Å². The van der Waals surface area contributed by atoms with E-state index >= 15 is 0 Å². The van der Waals surface area contributed by atoms with E-state index in [1.54, 1.807) is 0 Å². The smallest absolute Gasteiger partial charge is 0.228 e. The fourth-order valence-corrected chi connectivity index (χ4v) is 3.58. The first kappa shape index (κ1) is 12.2. The molecule has 0 heterocycles. The predicted octanol–water partition coefficient (Wildman–Crippen LogP) is 4.13. The van der Waals surface area contributed by atoms with Crippen LogP contribution in [0.15, 0.2) is 22.7 Å². The van der Waals surface area contributed by atoms with E-state index in [1.165, 1.54) is 25.7 Å². The molecule has 1 amide bonds. The molecule has 3 heteroatoms. The second-order valence-corrected chi connectivity index (χ2v) is 6.45. The molecule has 96 valence electrons. The van der Waals surface area contributed by atoms with E-state index in [1.807, 2.05) is 25.1 Å². The Morgan fingerprint density at radius 2 is 1.94 bits per heavy atom. The van der Waals surface area contributed by atoms with Crippen molar-refractivity contribution < 1.29 is 4.79 Å². The lowest BCUT2D eigenvalue weighted by atomic mass is 10.0. The summed E-state index contributed by atoms with van der Waals surface area (Å²) in [6, 6.07) is 5.97. The Morgan fingerprint density at radius 3 is 2.56 bits per heavy atom. The largest absolute Gasteiger partial charge is 0.326 e. The highest BCUT2D eigenvalue weighted by atomic mass is 79.9. The summed E-state index contributed by atoms with van der Waals surface area (Å²) in [5, 5.41) is 3.07. The van der Waals surface area contributed by atoms with Gasteiger partial charge in [0.05, 0.1) is 0 Å². The highest BCUT2D eigenvalue weighted by Crippen LogP contribution is 2.55. The summed E-state index contributed by atoms with van der Waals surface area (Å²) in [5.74, 6) is 1.87. The average molecular weight is 308 g/mol. The quantitative estimate of drug-likeness (QED) is 0.874. The predicted molar refractivity (Wildman–Crippen MR) is 76.4 cm³/mol. The van der Waals surface area contributed by atoms with Crippen LogP contribution in [0, 0.1) is 24.7 Å². The molecule has 0 spiro atoms. The number of carbonyl (C=O) groups excluding carboxylic acids is 1. The maximum atomic E-state index is 12.2. The Morgan fingerprint density at radius 1 is 1.28 bits per heavy atom. The SMILES string of the molecule is Cc1cc(NC(=O)C2C3CCCCC32)ccc1Br. The lowest BCUT2D eigenvalue weighted by molar-refractivity contribution is -0.117. The van der Waals surface area contributed by atoms with Gasteiger partial charge in [-0.15, -0.1) is 0 Å². The van der Waals surface area contributed by atoms with E-state index in [0.29, 0.717) is 11.8 Å². The Balaban J connectivity index is 1.66. The molecule has 2 aliphatic rings. The van der Waals surface area contributed by atoms with E-state index < -0.39 is 0 Å². The number of aryl methyl sites for hydroxylation is 1. The van der Waals surface area contributed by atoms with Crippen LogP contribution in [-0.4, -0.2) is 5.91 Å². The van der Waals surface area contributed by atoms with Gasteiger partial charge in [0.2, 0.25) is 5.91 Å². The minimum Gasteiger partial charge on any atom is -0.326 e. The number of hydrogen-bond donors (Lipinski definition) is 1. The second kappa shape index (κ2) is 4.69. The monoisotopic (exact) mass is 307 g/mol. The van der Waals surface area contributed by atoms with E-state index in [2.05, 4.69) is 21.2 Å². The summed E-state index contributed by atoms with van der Waals surface area (Å²) in [4.78, 5) is 12.2. The standard InChI is InChI=1S/C15H18BrNO/c1-9-8-10(6-7-13(9)16)17-15(18)14-11-4-2-3-5-12(11)14/h6-8,11-12,14H,2-5H2,1H3,(H,17,18). The van der Waals surface area contributed by atoms with Crippen LogP contribution in [0.1, 0.15) is 31.2 Å². The average Bonchev–Trinajstić information content (AvgIpc) is 3.08. The molecule has 2 nitrogen and oxygen atoms in total.